The van der Waals surface area contributed by atoms with E-state index in [1.165, 1.54) is 19.4 Å². The van der Waals surface area contributed by atoms with Crippen molar-refractivity contribution in [1.29, 1.82) is 0 Å². The normalized spacial score (nSPS) is 25.4. The van der Waals surface area contributed by atoms with Crippen molar-refractivity contribution in [2.75, 3.05) is 19.6 Å². The van der Waals surface area contributed by atoms with Gasteiger partial charge in [0.25, 0.3) is 0 Å². The molecule has 1 N–H and O–H groups in total. The van der Waals surface area contributed by atoms with Crippen LogP contribution in [0.1, 0.15) is 53.4 Å². The number of oxime groups is 1. The van der Waals surface area contributed by atoms with Gasteiger partial charge < -0.3 is 10.1 Å². The first kappa shape index (κ1) is 14.5. The monoisotopic (exact) mass is 240 g/mol. The van der Waals surface area contributed by atoms with Crippen molar-refractivity contribution in [2.24, 2.45) is 16.5 Å². The number of nitrogens with zero attached hydrogens (tertiary/aromatic N) is 2. The Bertz CT molecular complexity index is 255. The van der Waals surface area contributed by atoms with Crippen molar-refractivity contribution in [3.63, 3.8) is 0 Å². The third kappa shape index (κ3) is 5.07. The molecule has 0 bridgehead atoms. The van der Waals surface area contributed by atoms with Crippen molar-refractivity contribution in [3.8, 4) is 0 Å². The summed E-state index contributed by atoms with van der Waals surface area (Å²) in [5.41, 5.74) is 1.44. The molecule has 1 rings (SSSR count). The fraction of sp³-hybridized carbons (Fsp3) is 0.929. The fourth-order valence-corrected chi connectivity index (χ4v) is 2.52. The number of hydrogen-bond acceptors (Lipinski definition) is 3. The lowest BCUT2D eigenvalue weighted by Crippen LogP contribution is -2.41. The minimum atomic E-state index is 0.442. The molecule has 0 aliphatic carbocycles. The van der Waals surface area contributed by atoms with E-state index in [2.05, 4.69) is 37.8 Å². The molecule has 0 aromatic heterocycles. The number of piperidine rings is 1. The molecule has 1 atom stereocenters. The third-order valence-corrected chi connectivity index (χ3v) is 3.66. The third-order valence-electron chi connectivity index (χ3n) is 3.66. The molecule has 1 saturated heterocycles. The summed E-state index contributed by atoms with van der Waals surface area (Å²) < 4.78 is 0. The van der Waals surface area contributed by atoms with Gasteiger partial charge in [0, 0.05) is 25.4 Å². The zero-order valence-corrected chi connectivity index (χ0v) is 11.9. The first-order chi connectivity index (χ1) is 7.96. The van der Waals surface area contributed by atoms with Gasteiger partial charge in [-0.1, -0.05) is 32.9 Å². The largest absolute Gasteiger partial charge is 0.411 e. The lowest BCUT2D eigenvalue weighted by molar-refractivity contribution is 0.213. The second-order valence-electron chi connectivity index (χ2n) is 6.41. The van der Waals surface area contributed by atoms with E-state index in [0.717, 1.165) is 31.6 Å². The molecule has 3 nitrogen and oxygen atoms in total. The first-order valence-electron chi connectivity index (χ1n) is 6.89. The first-order valence-corrected chi connectivity index (χ1v) is 6.89. The van der Waals surface area contributed by atoms with Gasteiger partial charge in [-0.05, 0) is 31.2 Å². The topological polar surface area (TPSA) is 35.8 Å². The molecule has 1 aliphatic heterocycles. The summed E-state index contributed by atoms with van der Waals surface area (Å²) in [6.45, 7) is 12.4. The average Bonchev–Trinajstić information content (AvgIpc) is 2.27. The van der Waals surface area contributed by atoms with Gasteiger partial charge in [-0.25, -0.2) is 0 Å². The molecular weight excluding hydrogens is 212 g/mol. The van der Waals surface area contributed by atoms with E-state index in [1.807, 2.05) is 0 Å². The van der Waals surface area contributed by atoms with Gasteiger partial charge in [0.2, 0.25) is 0 Å². The summed E-state index contributed by atoms with van der Waals surface area (Å²) in [7, 11) is 0. The van der Waals surface area contributed by atoms with E-state index in [1.54, 1.807) is 0 Å². The van der Waals surface area contributed by atoms with Gasteiger partial charge in [0.1, 0.15) is 0 Å². The molecule has 0 aromatic carbocycles. The van der Waals surface area contributed by atoms with Crippen molar-refractivity contribution < 1.29 is 5.21 Å². The second-order valence-corrected chi connectivity index (χ2v) is 6.41. The predicted octanol–water partition coefficient (Wildman–Crippen LogP) is 3.37. The molecule has 0 aromatic rings. The zero-order chi connectivity index (χ0) is 12.9. The molecule has 0 radical (unpaired) electrons. The molecule has 3 heteroatoms. The van der Waals surface area contributed by atoms with Crippen LogP contribution in [0.5, 0.6) is 0 Å². The maximum absolute atomic E-state index is 8.93. The molecule has 17 heavy (non-hydrogen) atoms. The highest BCUT2D eigenvalue weighted by Crippen LogP contribution is 2.22. The standard InChI is InChI=1S/C14H28N2O/c1-5-12-11-16(10-7-13(12)15-17)9-6-8-14(2,3)4/h12,17H,5-11H2,1-4H3. The van der Waals surface area contributed by atoms with Crippen LogP contribution in [0.15, 0.2) is 5.16 Å². The second kappa shape index (κ2) is 6.39. The average molecular weight is 240 g/mol. The highest BCUT2D eigenvalue weighted by Gasteiger charge is 2.24. The maximum Gasteiger partial charge on any atom is 0.0627 e. The Labute approximate surface area is 106 Å². The molecule has 1 unspecified atom stereocenters. The maximum atomic E-state index is 8.93. The Hall–Kier alpha value is -0.570. The molecular formula is C14H28N2O. The van der Waals surface area contributed by atoms with E-state index in [4.69, 9.17) is 5.21 Å². The highest BCUT2D eigenvalue weighted by atomic mass is 16.4. The molecule has 1 aliphatic rings. The van der Waals surface area contributed by atoms with Crippen LogP contribution in [-0.2, 0) is 0 Å². The van der Waals surface area contributed by atoms with Crippen LogP contribution < -0.4 is 0 Å². The van der Waals surface area contributed by atoms with Gasteiger partial charge in [-0.15, -0.1) is 0 Å². The van der Waals surface area contributed by atoms with Crippen LogP contribution >= 0.6 is 0 Å². The highest BCUT2D eigenvalue weighted by molar-refractivity contribution is 5.87. The minimum Gasteiger partial charge on any atom is -0.411 e. The van der Waals surface area contributed by atoms with E-state index < -0.39 is 0 Å². The van der Waals surface area contributed by atoms with Gasteiger partial charge in [-0.3, -0.25) is 0 Å². The van der Waals surface area contributed by atoms with E-state index >= 15 is 0 Å². The fourth-order valence-electron chi connectivity index (χ4n) is 2.52. The number of hydrogen-bond donors (Lipinski definition) is 1. The summed E-state index contributed by atoms with van der Waals surface area (Å²) in [5.74, 6) is 0.461. The van der Waals surface area contributed by atoms with Crippen LogP contribution in [0, 0.1) is 11.3 Å². The molecule has 0 spiro atoms. The molecule has 0 saturated carbocycles. The Morgan fingerprint density at radius 3 is 2.65 bits per heavy atom. The SMILES string of the molecule is CCC1CN(CCCC(C)(C)C)CCC1=NO. The minimum absolute atomic E-state index is 0.442. The van der Waals surface area contributed by atoms with E-state index in [9.17, 15) is 0 Å². The summed E-state index contributed by atoms with van der Waals surface area (Å²) >= 11 is 0. The Morgan fingerprint density at radius 1 is 1.41 bits per heavy atom. The summed E-state index contributed by atoms with van der Waals surface area (Å²) in [6.07, 6.45) is 4.56. The summed E-state index contributed by atoms with van der Waals surface area (Å²) in [4.78, 5) is 2.52. The smallest absolute Gasteiger partial charge is 0.0627 e. The van der Waals surface area contributed by atoms with Gasteiger partial charge >= 0.3 is 0 Å². The summed E-state index contributed by atoms with van der Waals surface area (Å²) in [5, 5.41) is 12.4. The van der Waals surface area contributed by atoms with Crippen LogP contribution in [0.2, 0.25) is 0 Å². The Kier molecular flexibility index (Phi) is 5.44. The van der Waals surface area contributed by atoms with Crippen LogP contribution in [0.4, 0.5) is 0 Å². The Balaban J connectivity index is 2.33. The zero-order valence-electron chi connectivity index (χ0n) is 11.9. The van der Waals surface area contributed by atoms with Crippen molar-refractivity contribution in [3.05, 3.63) is 0 Å². The lowest BCUT2D eigenvalue weighted by Gasteiger charge is -2.33. The number of rotatable bonds is 4. The van der Waals surface area contributed by atoms with Crippen molar-refractivity contribution >= 4 is 5.71 Å². The van der Waals surface area contributed by atoms with Gasteiger partial charge in [-0.2, -0.15) is 0 Å². The molecule has 1 heterocycles. The van der Waals surface area contributed by atoms with Crippen LogP contribution in [0.3, 0.4) is 0 Å². The Morgan fingerprint density at radius 2 is 2.12 bits per heavy atom. The lowest BCUT2D eigenvalue weighted by atomic mass is 9.89. The van der Waals surface area contributed by atoms with Crippen LogP contribution in [0.25, 0.3) is 0 Å². The van der Waals surface area contributed by atoms with Crippen molar-refractivity contribution in [1.82, 2.24) is 4.90 Å². The van der Waals surface area contributed by atoms with Gasteiger partial charge in [0.05, 0.1) is 5.71 Å². The van der Waals surface area contributed by atoms with Crippen LogP contribution in [-0.4, -0.2) is 35.5 Å². The van der Waals surface area contributed by atoms with Crippen molar-refractivity contribution in [2.45, 2.75) is 53.4 Å². The van der Waals surface area contributed by atoms with E-state index in [-0.39, 0.29) is 0 Å². The quantitative estimate of drug-likeness (QED) is 0.604. The molecule has 0 amide bonds. The predicted molar refractivity (Wildman–Crippen MR) is 72.7 cm³/mol. The number of likely N-dealkylation sites (tertiary alicyclic amines) is 1. The van der Waals surface area contributed by atoms with E-state index in [0.29, 0.717) is 11.3 Å². The summed E-state index contributed by atoms with van der Waals surface area (Å²) in [6, 6.07) is 0. The molecule has 1 fully saturated rings. The van der Waals surface area contributed by atoms with Gasteiger partial charge in [0.15, 0.2) is 0 Å². The molecule has 100 valence electrons.